The maximum absolute atomic E-state index is 13.0. The van der Waals surface area contributed by atoms with Gasteiger partial charge >= 0.3 is 0 Å². The number of sulfone groups is 1. The molecular formula is C21H24N2O5S2. The van der Waals surface area contributed by atoms with Crippen molar-refractivity contribution in [2.24, 2.45) is 0 Å². The van der Waals surface area contributed by atoms with Crippen molar-refractivity contribution >= 4 is 39.1 Å². The Kier molecular flexibility index (Phi) is 6.72. The van der Waals surface area contributed by atoms with Crippen molar-refractivity contribution in [2.75, 3.05) is 24.1 Å². The van der Waals surface area contributed by atoms with Gasteiger partial charge in [-0.25, -0.2) is 8.42 Å². The van der Waals surface area contributed by atoms with Crippen LogP contribution in [0.3, 0.4) is 0 Å². The molecule has 0 radical (unpaired) electrons. The molecule has 0 aromatic heterocycles. The Morgan fingerprint density at radius 1 is 1.10 bits per heavy atom. The van der Waals surface area contributed by atoms with Gasteiger partial charge in [0.2, 0.25) is 5.91 Å². The number of anilines is 1. The Morgan fingerprint density at radius 2 is 1.73 bits per heavy atom. The maximum Gasteiger partial charge on any atom is 0.255 e. The van der Waals surface area contributed by atoms with Crippen molar-refractivity contribution in [3.8, 4) is 5.75 Å². The fraction of sp³-hybridized carbons (Fsp3) is 0.333. The van der Waals surface area contributed by atoms with Crippen molar-refractivity contribution in [1.29, 1.82) is 0 Å². The summed E-state index contributed by atoms with van der Waals surface area (Å²) in [7, 11) is -1.84. The largest absolute Gasteiger partial charge is 0.497 e. The number of hydrogen-bond donors (Lipinski definition) is 1. The van der Waals surface area contributed by atoms with E-state index in [1.54, 1.807) is 45.2 Å². The van der Waals surface area contributed by atoms with E-state index in [-0.39, 0.29) is 16.7 Å². The van der Waals surface area contributed by atoms with Crippen LogP contribution in [0, 0.1) is 0 Å². The number of amides is 2. The molecule has 0 saturated carbocycles. The predicted octanol–water partition coefficient (Wildman–Crippen LogP) is 3.03. The summed E-state index contributed by atoms with van der Waals surface area (Å²) in [5.74, 6) is 1.00. The van der Waals surface area contributed by atoms with Gasteiger partial charge in [0.15, 0.2) is 9.84 Å². The van der Waals surface area contributed by atoms with Crippen LogP contribution >= 0.6 is 11.8 Å². The van der Waals surface area contributed by atoms with Crippen LogP contribution in [-0.2, 0) is 14.6 Å². The van der Waals surface area contributed by atoms with Crippen LogP contribution in [0.5, 0.6) is 5.75 Å². The quantitative estimate of drug-likeness (QED) is 0.730. The number of nitrogens with one attached hydrogen (secondary N) is 1. The number of carbonyl (C=O) groups is 2. The van der Waals surface area contributed by atoms with Gasteiger partial charge in [0, 0.05) is 17.0 Å². The van der Waals surface area contributed by atoms with Crippen molar-refractivity contribution in [2.45, 2.75) is 30.0 Å². The molecule has 30 heavy (non-hydrogen) atoms. The van der Waals surface area contributed by atoms with Gasteiger partial charge in [0.25, 0.3) is 5.91 Å². The fourth-order valence-electron chi connectivity index (χ4n) is 2.99. The first-order valence-electron chi connectivity index (χ1n) is 9.41. The minimum absolute atomic E-state index is 0.179. The van der Waals surface area contributed by atoms with E-state index in [1.807, 2.05) is 0 Å². The molecule has 1 heterocycles. The Labute approximate surface area is 180 Å². The second-order valence-corrected chi connectivity index (χ2v) is 10.6. The average Bonchev–Trinajstić information content (AvgIpc) is 3.24. The topological polar surface area (TPSA) is 92.8 Å². The molecule has 1 aliphatic heterocycles. The molecule has 2 aromatic carbocycles. The van der Waals surface area contributed by atoms with Gasteiger partial charge in [-0.15, -0.1) is 11.8 Å². The Hall–Kier alpha value is -2.52. The zero-order valence-corrected chi connectivity index (χ0v) is 18.6. The normalized spacial score (nSPS) is 16.5. The highest BCUT2D eigenvalue weighted by atomic mass is 32.2. The molecule has 1 saturated heterocycles. The van der Waals surface area contributed by atoms with E-state index in [9.17, 15) is 18.0 Å². The van der Waals surface area contributed by atoms with Gasteiger partial charge in [-0.1, -0.05) is 0 Å². The molecule has 0 spiro atoms. The molecule has 0 aliphatic carbocycles. The predicted molar refractivity (Wildman–Crippen MR) is 118 cm³/mol. The number of carbonyl (C=O) groups excluding carboxylic acids is 2. The van der Waals surface area contributed by atoms with Gasteiger partial charge in [-0.05, 0) is 62.4 Å². The zero-order chi connectivity index (χ0) is 21.9. The summed E-state index contributed by atoms with van der Waals surface area (Å²) in [4.78, 5) is 27.4. The lowest BCUT2D eigenvalue weighted by atomic mass is 10.1. The van der Waals surface area contributed by atoms with Gasteiger partial charge in [-0.2, -0.15) is 0 Å². The van der Waals surface area contributed by atoms with Crippen LogP contribution in [-0.4, -0.2) is 55.2 Å². The molecule has 9 heteroatoms. The highest BCUT2D eigenvalue weighted by Crippen LogP contribution is 2.26. The SMILES string of the molecule is COc1ccc(NC(=O)C2CSCN2C(=O)c2ccc(S(=O)(=O)C(C)C)cc2)cc1. The van der Waals surface area contributed by atoms with E-state index < -0.39 is 21.1 Å². The summed E-state index contributed by atoms with van der Waals surface area (Å²) in [6.07, 6.45) is 0. The summed E-state index contributed by atoms with van der Waals surface area (Å²) in [5, 5.41) is 2.29. The van der Waals surface area contributed by atoms with E-state index in [4.69, 9.17) is 4.74 Å². The first-order chi connectivity index (χ1) is 14.2. The van der Waals surface area contributed by atoms with Crippen LogP contribution in [0.1, 0.15) is 24.2 Å². The molecule has 7 nitrogen and oxygen atoms in total. The van der Waals surface area contributed by atoms with Crippen LogP contribution < -0.4 is 10.1 Å². The third kappa shape index (κ3) is 4.62. The fourth-order valence-corrected chi connectivity index (χ4v) is 5.20. The first-order valence-corrected chi connectivity index (χ1v) is 12.1. The summed E-state index contributed by atoms with van der Waals surface area (Å²) in [6.45, 7) is 3.23. The van der Waals surface area contributed by atoms with Crippen LogP contribution in [0.25, 0.3) is 0 Å². The average molecular weight is 449 g/mol. The standard InChI is InChI=1S/C21H24N2O5S2/c1-14(2)30(26,27)18-10-4-15(5-11-18)21(25)23-13-29-12-19(23)20(24)22-16-6-8-17(28-3)9-7-16/h4-11,14,19H,12-13H2,1-3H3,(H,22,24). The van der Waals surface area contributed by atoms with Crippen LogP contribution in [0.15, 0.2) is 53.4 Å². The van der Waals surface area contributed by atoms with Crippen molar-refractivity contribution in [1.82, 2.24) is 4.90 Å². The molecule has 160 valence electrons. The molecular weight excluding hydrogens is 424 g/mol. The number of nitrogens with zero attached hydrogens (tertiary/aromatic N) is 1. The second kappa shape index (κ2) is 9.09. The molecule has 1 fully saturated rings. The minimum atomic E-state index is -3.40. The van der Waals surface area contributed by atoms with E-state index in [0.717, 1.165) is 0 Å². The third-order valence-corrected chi connectivity index (χ3v) is 8.04. The second-order valence-electron chi connectivity index (χ2n) is 7.13. The monoisotopic (exact) mass is 448 g/mol. The molecule has 2 aromatic rings. The number of benzene rings is 2. The lowest BCUT2D eigenvalue weighted by molar-refractivity contribution is -0.119. The Bertz CT molecular complexity index is 1020. The number of ether oxygens (including phenoxy) is 1. The van der Waals surface area contributed by atoms with Crippen molar-refractivity contribution < 1.29 is 22.7 Å². The van der Waals surface area contributed by atoms with Gasteiger partial charge in [0.05, 0.1) is 23.1 Å². The minimum Gasteiger partial charge on any atom is -0.497 e. The van der Waals surface area contributed by atoms with Crippen molar-refractivity contribution in [3.63, 3.8) is 0 Å². The van der Waals surface area contributed by atoms with Crippen LogP contribution in [0.2, 0.25) is 0 Å². The molecule has 1 aliphatic rings. The number of rotatable bonds is 6. The highest BCUT2D eigenvalue weighted by Gasteiger charge is 2.35. The molecule has 1 atom stereocenters. The Balaban J connectivity index is 1.72. The molecule has 1 unspecified atom stereocenters. The zero-order valence-electron chi connectivity index (χ0n) is 17.0. The van der Waals surface area contributed by atoms with Gasteiger partial charge < -0.3 is 15.0 Å². The van der Waals surface area contributed by atoms with Crippen LogP contribution in [0.4, 0.5) is 5.69 Å². The summed E-state index contributed by atoms with van der Waals surface area (Å²) >= 11 is 1.50. The number of hydrogen-bond acceptors (Lipinski definition) is 6. The summed E-state index contributed by atoms with van der Waals surface area (Å²) in [6, 6.07) is 12.2. The lowest BCUT2D eigenvalue weighted by Crippen LogP contribution is -2.44. The summed E-state index contributed by atoms with van der Waals surface area (Å²) in [5.41, 5.74) is 0.968. The third-order valence-electron chi connectivity index (χ3n) is 4.85. The van der Waals surface area contributed by atoms with E-state index >= 15 is 0 Å². The van der Waals surface area contributed by atoms with E-state index in [2.05, 4.69) is 5.32 Å². The van der Waals surface area contributed by atoms with E-state index in [1.165, 1.54) is 40.9 Å². The molecule has 1 N–H and O–H groups in total. The molecule has 0 bridgehead atoms. The van der Waals surface area contributed by atoms with Crippen molar-refractivity contribution in [3.05, 3.63) is 54.1 Å². The van der Waals surface area contributed by atoms with Gasteiger partial charge in [0.1, 0.15) is 11.8 Å². The molecule has 2 amide bonds. The van der Waals surface area contributed by atoms with E-state index in [0.29, 0.717) is 28.6 Å². The smallest absolute Gasteiger partial charge is 0.255 e. The number of thioether (sulfide) groups is 1. The van der Waals surface area contributed by atoms with Gasteiger partial charge in [-0.3, -0.25) is 9.59 Å². The first kappa shape index (κ1) is 22.2. The maximum atomic E-state index is 13.0. The lowest BCUT2D eigenvalue weighted by Gasteiger charge is -2.23. The highest BCUT2D eigenvalue weighted by molar-refractivity contribution is 7.99. The summed E-state index contributed by atoms with van der Waals surface area (Å²) < 4.78 is 29.6. The number of methoxy groups -OCH3 is 1. The molecule has 3 rings (SSSR count). The Morgan fingerprint density at radius 3 is 2.30 bits per heavy atom.